The lowest BCUT2D eigenvalue weighted by Crippen LogP contribution is -2.14. The summed E-state index contributed by atoms with van der Waals surface area (Å²) < 4.78 is 25.7. The van der Waals surface area contributed by atoms with Gasteiger partial charge in [0.1, 0.15) is 24.1 Å². The van der Waals surface area contributed by atoms with Crippen LogP contribution in [0.5, 0.6) is 11.5 Å². The van der Waals surface area contributed by atoms with Crippen LogP contribution in [-0.2, 0) is 11.4 Å². The molecule has 1 N–H and O–H groups in total. The van der Waals surface area contributed by atoms with Gasteiger partial charge in [0.2, 0.25) is 0 Å². The second kappa shape index (κ2) is 11.2. The minimum Gasteiger partial charge on any atom is -0.493 e. The first-order chi connectivity index (χ1) is 15.8. The summed E-state index contributed by atoms with van der Waals surface area (Å²) in [5, 5.41) is 12.7. The summed E-state index contributed by atoms with van der Waals surface area (Å²) in [5.41, 5.74) is 1.07. The van der Waals surface area contributed by atoms with Crippen LogP contribution >= 0.6 is 39.1 Å². The Morgan fingerprint density at radius 2 is 1.94 bits per heavy atom. The van der Waals surface area contributed by atoms with E-state index in [1.807, 2.05) is 6.07 Å². The van der Waals surface area contributed by atoms with Crippen molar-refractivity contribution in [1.82, 2.24) is 0 Å². The van der Waals surface area contributed by atoms with Crippen molar-refractivity contribution in [3.63, 3.8) is 0 Å². The molecule has 0 heterocycles. The number of amides is 1. The second-order valence-electron chi connectivity index (χ2n) is 6.68. The van der Waals surface area contributed by atoms with Crippen molar-refractivity contribution in [2.75, 3.05) is 12.4 Å². The van der Waals surface area contributed by atoms with Crippen LogP contribution in [0.25, 0.3) is 6.08 Å². The molecule has 0 atom stereocenters. The number of carbonyl (C=O) groups is 1. The molecule has 3 aromatic rings. The number of nitriles is 1. The molecule has 3 rings (SSSR count). The predicted octanol–water partition coefficient (Wildman–Crippen LogP) is 7.03. The molecule has 33 heavy (non-hydrogen) atoms. The maximum atomic E-state index is 13.8. The van der Waals surface area contributed by atoms with Crippen LogP contribution in [0.3, 0.4) is 0 Å². The van der Waals surface area contributed by atoms with Crippen LogP contribution in [0.4, 0.5) is 10.1 Å². The molecule has 0 unspecified atom stereocenters. The lowest BCUT2D eigenvalue weighted by molar-refractivity contribution is -0.112. The van der Waals surface area contributed by atoms with Crippen molar-refractivity contribution < 1.29 is 18.7 Å². The van der Waals surface area contributed by atoms with E-state index in [0.717, 1.165) is 5.56 Å². The number of methoxy groups -OCH3 is 1. The highest BCUT2D eigenvalue weighted by Crippen LogP contribution is 2.38. The Labute approximate surface area is 208 Å². The van der Waals surface area contributed by atoms with Crippen molar-refractivity contribution >= 4 is 56.8 Å². The van der Waals surface area contributed by atoms with Gasteiger partial charge < -0.3 is 14.8 Å². The SMILES string of the molecule is COc1cc(/C=C(/C#N)C(=O)Nc2ccccc2F)cc(Br)c1OCc1ccc(Cl)c(Cl)c1. The molecule has 0 radical (unpaired) electrons. The molecular weight excluding hydrogens is 534 g/mol. The van der Waals surface area contributed by atoms with Gasteiger partial charge in [0.25, 0.3) is 5.91 Å². The van der Waals surface area contributed by atoms with Crippen LogP contribution in [-0.4, -0.2) is 13.0 Å². The average molecular weight is 550 g/mol. The fourth-order valence-electron chi connectivity index (χ4n) is 2.82. The molecule has 0 saturated heterocycles. The largest absolute Gasteiger partial charge is 0.493 e. The fraction of sp³-hybridized carbons (Fsp3) is 0.0833. The van der Waals surface area contributed by atoms with Crippen molar-refractivity contribution in [1.29, 1.82) is 5.26 Å². The van der Waals surface area contributed by atoms with Crippen LogP contribution in [0, 0.1) is 17.1 Å². The molecule has 0 aromatic heterocycles. The molecule has 3 aromatic carbocycles. The van der Waals surface area contributed by atoms with Gasteiger partial charge >= 0.3 is 0 Å². The first kappa shape index (κ1) is 24.6. The van der Waals surface area contributed by atoms with Gasteiger partial charge in [-0.15, -0.1) is 0 Å². The summed E-state index contributed by atoms with van der Waals surface area (Å²) in [7, 11) is 1.47. The van der Waals surface area contributed by atoms with E-state index >= 15 is 0 Å². The molecule has 1 amide bonds. The minimum atomic E-state index is -0.738. The van der Waals surface area contributed by atoms with E-state index in [-0.39, 0.29) is 17.9 Å². The Kier molecular flexibility index (Phi) is 8.34. The maximum Gasteiger partial charge on any atom is 0.266 e. The van der Waals surface area contributed by atoms with E-state index in [1.165, 1.54) is 31.4 Å². The molecule has 168 valence electrons. The van der Waals surface area contributed by atoms with Gasteiger partial charge in [-0.3, -0.25) is 4.79 Å². The quantitative estimate of drug-likeness (QED) is 0.254. The number of hydrogen-bond acceptors (Lipinski definition) is 4. The Morgan fingerprint density at radius 3 is 2.61 bits per heavy atom. The van der Waals surface area contributed by atoms with E-state index in [9.17, 15) is 14.4 Å². The molecule has 9 heteroatoms. The Hall–Kier alpha value is -3.05. The molecule has 0 saturated carbocycles. The van der Waals surface area contributed by atoms with Crippen molar-refractivity contribution in [2.24, 2.45) is 0 Å². The van der Waals surface area contributed by atoms with E-state index in [4.69, 9.17) is 32.7 Å². The minimum absolute atomic E-state index is 0.0199. The van der Waals surface area contributed by atoms with Crippen LogP contribution in [0.15, 0.2) is 64.6 Å². The Morgan fingerprint density at radius 1 is 1.18 bits per heavy atom. The van der Waals surface area contributed by atoms with Crippen LogP contribution in [0.2, 0.25) is 10.0 Å². The summed E-state index contributed by atoms with van der Waals surface area (Å²) in [5.74, 6) is -0.536. The van der Waals surface area contributed by atoms with Crippen molar-refractivity contribution in [3.8, 4) is 17.6 Å². The van der Waals surface area contributed by atoms with Crippen LogP contribution in [0.1, 0.15) is 11.1 Å². The van der Waals surface area contributed by atoms with Gasteiger partial charge in [0, 0.05) is 0 Å². The highest BCUT2D eigenvalue weighted by atomic mass is 79.9. The Bertz CT molecular complexity index is 1280. The summed E-state index contributed by atoms with van der Waals surface area (Å²) in [6.07, 6.45) is 1.37. The monoisotopic (exact) mass is 548 g/mol. The first-order valence-corrected chi connectivity index (χ1v) is 11.0. The van der Waals surface area contributed by atoms with Crippen molar-refractivity contribution in [2.45, 2.75) is 6.61 Å². The zero-order valence-electron chi connectivity index (χ0n) is 17.2. The molecule has 5 nitrogen and oxygen atoms in total. The molecule has 0 aliphatic heterocycles. The zero-order chi connectivity index (χ0) is 24.0. The number of rotatable bonds is 7. The number of carbonyl (C=O) groups excluding carboxylic acids is 1. The second-order valence-corrected chi connectivity index (χ2v) is 8.34. The van der Waals surface area contributed by atoms with E-state index in [0.29, 0.717) is 31.6 Å². The third-order valence-corrected chi connectivity index (χ3v) is 5.75. The van der Waals surface area contributed by atoms with E-state index < -0.39 is 11.7 Å². The summed E-state index contributed by atoms with van der Waals surface area (Å²) in [4.78, 5) is 12.5. The lowest BCUT2D eigenvalue weighted by Gasteiger charge is -2.14. The number of nitrogens with zero attached hydrogens (tertiary/aromatic N) is 1. The highest BCUT2D eigenvalue weighted by Gasteiger charge is 2.15. The van der Waals surface area contributed by atoms with Gasteiger partial charge in [-0.05, 0) is 69.5 Å². The van der Waals surface area contributed by atoms with Gasteiger partial charge in [-0.25, -0.2) is 4.39 Å². The normalized spacial score (nSPS) is 11.0. The molecule has 0 bridgehead atoms. The van der Waals surface area contributed by atoms with Crippen LogP contribution < -0.4 is 14.8 Å². The van der Waals surface area contributed by atoms with Gasteiger partial charge in [0.05, 0.1) is 27.3 Å². The summed E-state index contributed by atoms with van der Waals surface area (Å²) in [6, 6.07) is 16.0. The molecule has 0 aliphatic carbocycles. The maximum absolute atomic E-state index is 13.8. The summed E-state index contributed by atoms with van der Waals surface area (Å²) in [6.45, 7) is 0.204. The third-order valence-electron chi connectivity index (χ3n) is 4.42. The fourth-order valence-corrected chi connectivity index (χ4v) is 3.71. The van der Waals surface area contributed by atoms with E-state index in [1.54, 1.807) is 36.4 Å². The number of anilines is 1. The lowest BCUT2D eigenvalue weighted by atomic mass is 10.1. The number of nitrogens with one attached hydrogen (secondary N) is 1. The van der Waals surface area contributed by atoms with E-state index in [2.05, 4.69) is 21.2 Å². The molecule has 0 fully saturated rings. The van der Waals surface area contributed by atoms with Crippen molar-refractivity contribution in [3.05, 3.63) is 91.6 Å². The standard InChI is InChI=1S/C24H16BrCl2FN2O3/c1-32-22-11-15(8-16(12-29)24(31)30-21-5-3-2-4-20(21)28)9-17(25)23(22)33-13-14-6-7-18(26)19(27)10-14/h2-11H,13H2,1H3,(H,30,31)/b16-8-. The highest BCUT2D eigenvalue weighted by molar-refractivity contribution is 9.10. The third kappa shape index (κ3) is 6.26. The topological polar surface area (TPSA) is 71.3 Å². The van der Waals surface area contributed by atoms with Gasteiger partial charge in [-0.2, -0.15) is 5.26 Å². The zero-order valence-corrected chi connectivity index (χ0v) is 20.3. The number of benzene rings is 3. The van der Waals surface area contributed by atoms with Gasteiger partial charge in [-0.1, -0.05) is 41.4 Å². The number of ether oxygens (including phenoxy) is 2. The smallest absolute Gasteiger partial charge is 0.266 e. The molecular formula is C24H16BrCl2FN2O3. The summed E-state index contributed by atoms with van der Waals surface area (Å²) >= 11 is 15.4. The predicted molar refractivity (Wildman–Crippen MR) is 130 cm³/mol. The Balaban J connectivity index is 1.83. The molecule has 0 aliphatic rings. The number of para-hydroxylation sites is 1. The molecule has 0 spiro atoms. The average Bonchev–Trinajstić information content (AvgIpc) is 2.80. The number of halogens is 4. The first-order valence-electron chi connectivity index (χ1n) is 9.44. The number of hydrogen-bond donors (Lipinski definition) is 1. The van der Waals surface area contributed by atoms with Gasteiger partial charge in [0.15, 0.2) is 11.5 Å².